The summed E-state index contributed by atoms with van der Waals surface area (Å²) >= 11 is 0. The van der Waals surface area contributed by atoms with Gasteiger partial charge in [0, 0.05) is 13.1 Å². The molecule has 1 aromatic rings. The van der Waals surface area contributed by atoms with Crippen molar-refractivity contribution in [2.24, 2.45) is 0 Å². The van der Waals surface area contributed by atoms with Gasteiger partial charge in [-0.25, -0.2) is 0 Å². The van der Waals surface area contributed by atoms with Gasteiger partial charge in [-0.2, -0.15) is 0 Å². The van der Waals surface area contributed by atoms with Gasteiger partial charge in [0.05, 0.1) is 34.5 Å². The summed E-state index contributed by atoms with van der Waals surface area (Å²) in [4.78, 5) is 12.1. The van der Waals surface area contributed by atoms with Crippen molar-refractivity contribution in [3.05, 3.63) is 17.7 Å². The quantitative estimate of drug-likeness (QED) is 0.788. The third kappa shape index (κ3) is 3.80. The van der Waals surface area contributed by atoms with E-state index in [0.717, 1.165) is 5.56 Å². The molecule has 1 fully saturated rings. The second kappa shape index (κ2) is 7.86. The van der Waals surface area contributed by atoms with Crippen LogP contribution in [0.1, 0.15) is 5.56 Å². The molecule has 1 aliphatic rings. The molecule has 0 saturated carbocycles. The van der Waals surface area contributed by atoms with Crippen molar-refractivity contribution < 1.29 is 23.7 Å². The molecule has 7 heteroatoms. The Bertz CT molecular complexity index is 490. The van der Waals surface area contributed by atoms with Crippen LogP contribution in [0.15, 0.2) is 12.1 Å². The smallest absolute Gasteiger partial charge is 0.239 e. The number of methoxy groups -OCH3 is 3. The minimum atomic E-state index is -0.309. The molecule has 1 aliphatic heterocycles. The fourth-order valence-electron chi connectivity index (χ4n) is 2.28. The molecule has 1 heterocycles. The summed E-state index contributed by atoms with van der Waals surface area (Å²) < 4.78 is 21.1. The molecule has 1 amide bonds. The molecule has 2 rings (SSSR count). The van der Waals surface area contributed by atoms with Crippen LogP contribution in [0, 0.1) is 0 Å². The fraction of sp³-hybridized carbons (Fsp3) is 0.533. The number of ether oxygens (including phenoxy) is 4. The average molecular weight is 310 g/mol. The first kappa shape index (κ1) is 16.4. The van der Waals surface area contributed by atoms with E-state index in [9.17, 15) is 4.79 Å². The lowest BCUT2D eigenvalue weighted by Gasteiger charge is -2.23. The van der Waals surface area contributed by atoms with Crippen LogP contribution in [0.25, 0.3) is 0 Å². The lowest BCUT2D eigenvalue weighted by Crippen LogP contribution is -2.51. The lowest BCUT2D eigenvalue weighted by atomic mass is 10.1. The third-order valence-corrected chi connectivity index (χ3v) is 3.43. The van der Waals surface area contributed by atoms with Crippen molar-refractivity contribution >= 4 is 5.91 Å². The maximum Gasteiger partial charge on any atom is 0.239 e. The van der Waals surface area contributed by atoms with Crippen LogP contribution >= 0.6 is 0 Å². The number of hydrogen-bond donors (Lipinski definition) is 2. The molecule has 122 valence electrons. The largest absolute Gasteiger partial charge is 0.493 e. The summed E-state index contributed by atoms with van der Waals surface area (Å²) in [5.74, 6) is 1.56. The predicted molar refractivity (Wildman–Crippen MR) is 80.6 cm³/mol. The minimum absolute atomic E-state index is 0.0894. The van der Waals surface area contributed by atoms with Crippen LogP contribution in [-0.4, -0.2) is 53.0 Å². The molecular formula is C15H22N2O5. The van der Waals surface area contributed by atoms with Crippen LogP contribution in [0.2, 0.25) is 0 Å². The van der Waals surface area contributed by atoms with Gasteiger partial charge in [0.2, 0.25) is 11.7 Å². The van der Waals surface area contributed by atoms with E-state index in [4.69, 9.17) is 18.9 Å². The minimum Gasteiger partial charge on any atom is -0.493 e. The number of benzene rings is 1. The van der Waals surface area contributed by atoms with Crippen molar-refractivity contribution in [3.8, 4) is 17.2 Å². The molecule has 1 unspecified atom stereocenters. The molecule has 0 spiro atoms. The number of carbonyl (C=O) groups excluding carboxylic acids is 1. The maximum absolute atomic E-state index is 12.1. The van der Waals surface area contributed by atoms with E-state index in [2.05, 4.69) is 10.6 Å². The molecule has 22 heavy (non-hydrogen) atoms. The number of nitrogens with one attached hydrogen (secondary N) is 2. The van der Waals surface area contributed by atoms with E-state index in [-0.39, 0.29) is 11.9 Å². The van der Waals surface area contributed by atoms with Crippen molar-refractivity contribution in [2.75, 3.05) is 41.1 Å². The molecule has 1 aromatic carbocycles. The summed E-state index contributed by atoms with van der Waals surface area (Å²) in [6, 6.07) is 3.31. The van der Waals surface area contributed by atoms with Gasteiger partial charge >= 0.3 is 0 Å². The van der Waals surface area contributed by atoms with Crippen LogP contribution in [-0.2, 0) is 16.1 Å². The standard InChI is InChI=1S/C15H22N2O5/c1-19-12-6-10(7-13(20-2)14(12)21-3)8-17-15(18)11-9-22-5-4-16-11/h6-7,11,16H,4-5,8-9H2,1-3H3,(H,17,18). The predicted octanol–water partition coefficient (Wildman–Crippen LogP) is 0.317. The van der Waals surface area contributed by atoms with Gasteiger partial charge in [0.25, 0.3) is 0 Å². The first-order valence-electron chi connectivity index (χ1n) is 7.07. The molecule has 1 saturated heterocycles. The highest BCUT2D eigenvalue weighted by Crippen LogP contribution is 2.38. The first-order chi connectivity index (χ1) is 10.7. The van der Waals surface area contributed by atoms with E-state index >= 15 is 0 Å². The highest BCUT2D eigenvalue weighted by atomic mass is 16.5. The molecule has 0 radical (unpaired) electrons. The van der Waals surface area contributed by atoms with E-state index < -0.39 is 0 Å². The van der Waals surface area contributed by atoms with Crippen LogP contribution in [0.5, 0.6) is 17.2 Å². The van der Waals surface area contributed by atoms with Gasteiger partial charge in [0.1, 0.15) is 6.04 Å². The normalized spacial score (nSPS) is 17.7. The monoisotopic (exact) mass is 310 g/mol. The Labute approximate surface area is 129 Å². The van der Waals surface area contributed by atoms with Crippen LogP contribution in [0.3, 0.4) is 0 Å². The molecule has 0 aliphatic carbocycles. The zero-order chi connectivity index (χ0) is 15.9. The Kier molecular flexibility index (Phi) is 5.85. The van der Waals surface area contributed by atoms with Crippen molar-refractivity contribution in [1.82, 2.24) is 10.6 Å². The summed E-state index contributed by atoms with van der Waals surface area (Å²) in [5.41, 5.74) is 0.861. The van der Waals surface area contributed by atoms with E-state index in [1.807, 2.05) is 12.1 Å². The van der Waals surface area contributed by atoms with Gasteiger partial charge < -0.3 is 29.6 Å². The van der Waals surface area contributed by atoms with Crippen LogP contribution < -0.4 is 24.8 Å². The Morgan fingerprint density at radius 3 is 2.45 bits per heavy atom. The lowest BCUT2D eigenvalue weighted by molar-refractivity contribution is -0.126. The Morgan fingerprint density at radius 1 is 1.27 bits per heavy atom. The second-order valence-electron chi connectivity index (χ2n) is 4.83. The fourth-order valence-corrected chi connectivity index (χ4v) is 2.28. The van der Waals surface area contributed by atoms with E-state index in [1.165, 1.54) is 0 Å². The average Bonchev–Trinajstić information content (AvgIpc) is 2.59. The summed E-state index contributed by atoms with van der Waals surface area (Å²) in [6.45, 7) is 2.08. The Balaban J connectivity index is 2.04. The SMILES string of the molecule is COc1cc(CNC(=O)C2COCCN2)cc(OC)c1OC. The van der Waals surface area contributed by atoms with Crippen molar-refractivity contribution in [2.45, 2.75) is 12.6 Å². The number of rotatable bonds is 6. The molecular weight excluding hydrogens is 288 g/mol. The molecule has 1 atom stereocenters. The topological polar surface area (TPSA) is 78.1 Å². The zero-order valence-corrected chi connectivity index (χ0v) is 13.1. The molecule has 2 N–H and O–H groups in total. The highest BCUT2D eigenvalue weighted by Gasteiger charge is 2.21. The summed E-state index contributed by atoms with van der Waals surface area (Å²) in [5, 5.41) is 5.99. The number of carbonyl (C=O) groups is 1. The summed E-state index contributed by atoms with van der Waals surface area (Å²) in [6.07, 6.45) is 0. The molecule has 0 aromatic heterocycles. The van der Waals surface area contributed by atoms with Gasteiger partial charge in [-0.3, -0.25) is 4.79 Å². The van der Waals surface area contributed by atoms with E-state index in [0.29, 0.717) is 43.6 Å². The number of hydrogen-bond acceptors (Lipinski definition) is 6. The number of morpholine rings is 1. The Hall–Kier alpha value is -1.99. The zero-order valence-electron chi connectivity index (χ0n) is 13.1. The first-order valence-corrected chi connectivity index (χ1v) is 7.07. The van der Waals surface area contributed by atoms with Gasteiger partial charge in [0.15, 0.2) is 11.5 Å². The maximum atomic E-state index is 12.1. The van der Waals surface area contributed by atoms with Gasteiger partial charge in [-0.1, -0.05) is 0 Å². The van der Waals surface area contributed by atoms with Crippen molar-refractivity contribution in [3.63, 3.8) is 0 Å². The molecule has 7 nitrogen and oxygen atoms in total. The Morgan fingerprint density at radius 2 is 1.95 bits per heavy atom. The summed E-state index contributed by atoms with van der Waals surface area (Å²) in [7, 11) is 4.67. The third-order valence-electron chi connectivity index (χ3n) is 3.43. The van der Waals surface area contributed by atoms with Crippen molar-refractivity contribution in [1.29, 1.82) is 0 Å². The van der Waals surface area contributed by atoms with Crippen LogP contribution in [0.4, 0.5) is 0 Å². The van der Waals surface area contributed by atoms with Gasteiger partial charge in [-0.05, 0) is 17.7 Å². The highest BCUT2D eigenvalue weighted by molar-refractivity contribution is 5.82. The van der Waals surface area contributed by atoms with E-state index in [1.54, 1.807) is 21.3 Å². The second-order valence-corrected chi connectivity index (χ2v) is 4.83. The number of amides is 1. The molecule has 0 bridgehead atoms. The van der Waals surface area contributed by atoms with Gasteiger partial charge in [-0.15, -0.1) is 0 Å².